The van der Waals surface area contributed by atoms with Crippen LogP contribution in [0.25, 0.3) is 22.2 Å². The van der Waals surface area contributed by atoms with Crippen LogP contribution < -0.4 is 0 Å². The van der Waals surface area contributed by atoms with E-state index >= 15 is 0 Å². The van der Waals surface area contributed by atoms with Gasteiger partial charge in [0.15, 0.2) is 0 Å². The number of aromatic nitrogens is 1. The molecule has 0 bridgehead atoms. The molecular weight excluding hydrogens is 294 g/mol. The van der Waals surface area contributed by atoms with Crippen molar-refractivity contribution in [1.29, 1.82) is 0 Å². The third kappa shape index (κ3) is 2.55. The molecule has 3 rings (SSSR count). The lowest BCUT2D eigenvalue weighted by molar-refractivity contribution is -0.384. The number of benzene rings is 2. The van der Waals surface area contributed by atoms with E-state index < -0.39 is 4.92 Å². The quantitative estimate of drug-likeness (QED) is 0.535. The van der Waals surface area contributed by atoms with E-state index in [1.165, 1.54) is 17.0 Å². The molecular formula is C17H15N3O3. The first-order valence-electron chi connectivity index (χ1n) is 7.06. The highest BCUT2D eigenvalue weighted by Crippen LogP contribution is 2.30. The first-order chi connectivity index (χ1) is 11.0. The Labute approximate surface area is 132 Å². The molecule has 116 valence electrons. The van der Waals surface area contributed by atoms with Crippen LogP contribution in [0, 0.1) is 10.1 Å². The monoisotopic (exact) mass is 309 g/mol. The molecule has 0 spiro atoms. The van der Waals surface area contributed by atoms with Gasteiger partial charge in [-0.05, 0) is 17.7 Å². The highest BCUT2D eigenvalue weighted by Gasteiger charge is 2.19. The number of hydrogen-bond acceptors (Lipinski definition) is 3. The smallest absolute Gasteiger partial charge is 0.328 e. The van der Waals surface area contributed by atoms with Crippen LogP contribution in [0.2, 0.25) is 0 Å². The molecule has 0 aliphatic heterocycles. The maximum atomic E-state index is 12.6. The Balaban J connectivity index is 2.31. The fourth-order valence-electron chi connectivity index (χ4n) is 2.54. The van der Waals surface area contributed by atoms with Crippen molar-refractivity contribution in [2.45, 2.75) is 0 Å². The summed E-state index contributed by atoms with van der Waals surface area (Å²) in [5, 5.41) is 11.6. The molecule has 0 aliphatic rings. The zero-order valence-electron chi connectivity index (χ0n) is 12.8. The molecule has 0 unspecified atom stereocenters. The summed E-state index contributed by atoms with van der Waals surface area (Å²) in [7, 11) is 3.35. The standard InChI is InChI=1S/C17H15N3O3/c1-18(2)17(21)19-15-9-8-14(20(22)23)10-13(15)11-16(19)12-6-4-3-5-7-12/h3-11H,1-2H3. The van der Waals surface area contributed by atoms with Gasteiger partial charge < -0.3 is 4.90 Å². The first-order valence-corrected chi connectivity index (χ1v) is 7.06. The summed E-state index contributed by atoms with van der Waals surface area (Å²) < 4.78 is 1.58. The van der Waals surface area contributed by atoms with Gasteiger partial charge in [0.2, 0.25) is 0 Å². The Hall–Kier alpha value is -3.15. The lowest BCUT2D eigenvalue weighted by Gasteiger charge is -2.15. The van der Waals surface area contributed by atoms with Gasteiger partial charge >= 0.3 is 6.03 Å². The van der Waals surface area contributed by atoms with Gasteiger partial charge in [0.05, 0.1) is 16.1 Å². The SMILES string of the molecule is CN(C)C(=O)n1c(-c2ccccc2)cc2cc([N+](=O)[O-])ccc21. The lowest BCUT2D eigenvalue weighted by atomic mass is 10.1. The second-order valence-electron chi connectivity index (χ2n) is 5.41. The summed E-state index contributed by atoms with van der Waals surface area (Å²) in [6.07, 6.45) is 0. The van der Waals surface area contributed by atoms with E-state index in [0.29, 0.717) is 16.6 Å². The molecule has 0 saturated heterocycles. The van der Waals surface area contributed by atoms with E-state index in [1.807, 2.05) is 30.3 Å². The Morgan fingerprint density at radius 2 is 1.78 bits per heavy atom. The molecule has 6 heteroatoms. The molecule has 0 fully saturated rings. The van der Waals surface area contributed by atoms with Gasteiger partial charge in [0.1, 0.15) is 0 Å². The molecule has 6 nitrogen and oxygen atoms in total. The van der Waals surface area contributed by atoms with Crippen molar-refractivity contribution in [3.8, 4) is 11.3 Å². The van der Waals surface area contributed by atoms with Crippen LogP contribution in [0.3, 0.4) is 0 Å². The fraction of sp³-hybridized carbons (Fsp3) is 0.118. The zero-order valence-corrected chi connectivity index (χ0v) is 12.8. The maximum Gasteiger partial charge on any atom is 0.328 e. The predicted octanol–water partition coefficient (Wildman–Crippen LogP) is 3.75. The number of carbonyl (C=O) groups excluding carboxylic acids is 1. The minimum Gasteiger partial charge on any atom is -0.330 e. The number of rotatable bonds is 2. The number of nitro benzene ring substituents is 1. The third-order valence-corrected chi connectivity index (χ3v) is 3.64. The van der Waals surface area contributed by atoms with Crippen molar-refractivity contribution in [3.63, 3.8) is 0 Å². The summed E-state index contributed by atoms with van der Waals surface area (Å²) in [4.78, 5) is 24.6. The van der Waals surface area contributed by atoms with E-state index in [2.05, 4.69) is 0 Å². The van der Waals surface area contributed by atoms with Gasteiger partial charge in [-0.1, -0.05) is 30.3 Å². The highest BCUT2D eigenvalue weighted by atomic mass is 16.6. The summed E-state index contributed by atoms with van der Waals surface area (Å²) in [6, 6.07) is 15.6. The molecule has 0 aliphatic carbocycles. The lowest BCUT2D eigenvalue weighted by Crippen LogP contribution is -2.27. The molecule has 0 saturated carbocycles. The number of fused-ring (bicyclic) bond motifs is 1. The average molecular weight is 309 g/mol. The number of nitrogens with zero attached hydrogens (tertiary/aromatic N) is 3. The van der Waals surface area contributed by atoms with Crippen LogP contribution in [0.1, 0.15) is 0 Å². The van der Waals surface area contributed by atoms with Crippen molar-refractivity contribution in [1.82, 2.24) is 9.47 Å². The first kappa shape index (κ1) is 14.8. The molecule has 1 heterocycles. The topological polar surface area (TPSA) is 68.4 Å². The van der Waals surface area contributed by atoms with Crippen molar-refractivity contribution in [2.24, 2.45) is 0 Å². The van der Waals surface area contributed by atoms with Gasteiger partial charge in [0, 0.05) is 31.6 Å². The van der Waals surface area contributed by atoms with Crippen LogP contribution in [0.5, 0.6) is 0 Å². The van der Waals surface area contributed by atoms with Crippen LogP contribution in [0.4, 0.5) is 10.5 Å². The highest BCUT2D eigenvalue weighted by molar-refractivity contribution is 5.98. The molecule has 1 aromatic heterocycles. The third-order valence-electron chi connectivity index (χ3n) is 3.64. The summed E-state index contributed by atoms with van der Waals surface area (Å²) in [5.41, 5.74) is 2.24. The van der Waals surface area contributed by atoms with E-state index in [1.54, 1.807) is 30.8 Å². The van der Waals surface area contributed by atoms with Crippen LogP contribution in [-0.2, 0) is 0 Å². The molecule has 23 heavy (non-hydrogen) atoms. The van der Waals surface area contributed by atoms with E-state index in [4.69, 9.17) is 0 Å². The Morgan fingerprint density at radius 3 is 2.39 bits per heavy atom. The van der Waals surface area contributed by atoms with Crippen molar-refractivity contribution in [3.05, 3.63) is 64.7 Å². The van der Waals surface area contributed by atoms with Crippen LogP contribution >= 0.6 is 0 Å². The molecule has 0 atom stereocenters. The minimum absolute atomic E-state index is 0.00608. The number of hydrogen-bond donors (Lipinski definition) is 0. The molecule has 0 N–H and O–H groups in total. The Kier molecular flexibility index (Phi) is 3.57. The molecule has 3 aromatic rings. The minimum atomic E-state index is -0.438. The number of carbonyl (C=O) groups is 1. The molecule has 2 aromatic carbocycles. The Bertz CT molecular complexity index is 898. The van der Waals surface area contributed by atoms with Gasteiger partial charge in [-0.2, -0.15) is 0 Å². The fourth-order valence-corrected chi connectivity index (χ4v) is 2.54. The van der Waals surface area contributed by atoms with Gasteiger partial charge in [0.25, 0.3) is 5.69 Å². The van der Waals surface area contributed by atoms with E-state index in [-0.39, 0.29) is 11.7 Å². The van der Waals surface area contributed by atoms with Gasteiger partial charge in [-0.15, -0.1) is 0 Å². The maximum absolute atomic E-state index is 12.6. The van der Waals surface area contributed by atoms with Crippen molar-refractivity contribution >= 4 is 22.6 Å². The van der Waals surface area contributed by atoms with Crippen LogP contribution in [0.15, 0.2) is 54.6 Å². The number of non-ortho nitro benzene ring substituents is 1. The predicted molar refractivity (Wildman–Crippen MR) is 88.5 cm³/mol. The average Bonchev–Trinajstić information content (AvgIpc) is 2.93. The molecule has 0 radical (unpaired) electrons. The second kappa shape index (κ2) is 5.57. The molecule has 1 amide bonds. The van der Waals surface area contributed by atoms with Gasteiger partial charge in [-0.3, -0.25) is 14.7 Å². The normalized spacial score (nSPS) is 10.7. The number of amides is 1. The van der Waals surface area contributed by atoms with Crippen molar-refractivity contribution < 1.29 is 9.72 Å². The van der Waals surface area contributed by atoms with E-state index in [0.717, 1.165) is 5.56 Å². The largest absolute Gasteiger partial charge is 0.330 e. The number of nitro groups is 1. The second-order valence-corrected chi connectivity index (χ2v) is 5.41. The zero-order chi connectivity index (χ0) is 16.6. The summed E-state index contributed by atoms with van der Waals surface area (Å²) in [6.45, 7) is 0. The van der Waals surface area contributed by atoms with Crippen molar-refractivity contribution in [2.75, 3.05) is 14.1 Å². The van der Waals surface area contributed by atoms with E-state index in [9.17, 15) is 14.9 Å². The van der Waals surface area contributed by atoms with Crippen LogP contribution in [-0.4, -0.2) is 34.5 Å². The summed E-state index contributed by atoms with van der Waals surface area (Å²) in [5.74, 6) is 0. The van der Waals surface area contributed by atoms with Gasteiger partial charge in [-0.25, -0.2) is 4.79 Å². The summed E-state index contributed by atoms with van der Waals surface area (Å²) >= 11 is 0. The Morgan fingerprint density at radius 1 is 1.09 bits per heavy atom.